The van der Waals surface area contributed by atoms with Gasteiger partial charge in [-0.3, -0.25) is 9.59 Å². The first-order chi connectivity index (χ1) is 12.7. The van der Waals surface area contributed by atoms with Gasteiger partial charge in [-0.15, -0.1) is 0 Å². The minimum absolute atomic E-state index is 0.231. The molecule has 27 heavy (non-hydrogen) atoms. The zero-order valence-corrected chi connectivity index (χ0v) is 15.9. The summed E-state index contributed by atoms with van der Waals surface area (Å²) in [4.78, 5) is 24.7. The number of aliphatic hydroxyl groups excluding tert-OH is 1. The van der Waals surface area contributed by atoms with Crippen LogP contribution < -0.4 is 5.32 Å². The molecule has 0 bridgehead atoms. The molecule has 0 radical (unpaired) electrons. The number of hydrogen-bond donors (Lipinski definition) is 2. The molecule has 0 saturated heterocycles. The van der Waals surface area contributed by atoms with Gasteiger partial charge < -0.3 is 10.4 Å². The number of carbonyl (C=O) groups is 2. The van der Waals surface area contributed by atoms with Crippen molar-refractivity contribution in [3.63, 3.8) is 0 Å². The number of aliphatic hydroxyl groups is 1. The molecule has 2 aromatic carbocycles. The highest BCUT2D eigenvalue weighted by Gasteiger charge is 2.28. The Labute approximate surface area is 163 Å². The molecule has 0 aliphatic carbocycles. The first-order valence-corrected chi connectivity index (χ1v) is 8.96. The Kier molecular flexibility index (Phi) is 5.19. The fourth-order valence-corrected chi connectivity index (χ4v) is 3.23. The van der Waals surface area contributed by atoms with E-state index < -0.39 is 11.6 Å². The molecule has 0 aromatic heterocycles. The van der Waals surface area contributed by atoms with E-state index in [4.69, 9.17) is 11.6 Å². The summed E-state index contributed by atoms with van der Waals surface area (Å²) < 4.78 is 0. The average molecular weight is 382 g/mol. The maximum Gasteiger partial charge on any atom is 0.229 e. The lowest BCUT2D eigenvalue weighted by Crippen LogP contribution is -2.44. The summed E-state index contributed by atoms with van der Waals surface area (Å²) in [5.41, 5.74) is 2.82. The van der Waals surface area contributed by atoms with Crippen molar-refractivity contribution in [1.82, 2.24) is 5.32 Å². The van der Waals surface area contributed by atoms with Crippen molar-refractivity contribution < 1.29 is 14.7 Å². The van der Waals surface area contributed by atoms with Crippen molar-refractivity contribution in [2.45, 2.75) is 25.8 Å². The molecule has 4 nitrogen and oxygen atoms in total. The monoisotopic (exact) mass is 381 g/mol. The van der Waals surface area contributed by atoms with E-state index in [0.29, 0.717) is 16.3 Å². The summed E-state index contributed by atoms with van der Waals surface area (Å²) in [6.45, 7) is 4.07. The lowest BCUT2D eigenvalue weighted by Gasteiger charge is -2.35. The van der Waals surface area contributed by atoms with E-state index >= 15 is 0 Å². The Morgan fingerprint density at radius 1 is 1.07 bits per heavy atom. The summed E-state index contributed by atoms with van der Waals surface area (Å²) in [7, 11) is 0. The van der Waals surface area contributed by atoms with E-state index in [1.165, 1.54) is 6.08 Å². The lowest BCUT2D eigenvalue weighted by atomic mass is 9.85. The highest BCUT2D eigenvalue weighted by Crippen LogP contribution is 2.29. The van der Waals surface area contributed by atoms with Crippen LogP contribution in [0.4, 0.5) is 0 Å². The Morgan fingerprint density at radius 2 is 1.74 bits per heavy atom. The minimum atomic E-state index is -0.794. The Hall–Kier alpha value is -2.85. The van der Waals surface area contributed by atoms with Gasteiger partial charge in [0.05, 0.1) is 0 Å². The van der Waals surface area contributed by atoms with Crippen molar-refractivity contribution in [3.8, 4) is 0 Å². The van der Waals surface area contributed by atoms with Crippen LogP contribution in [0.25, 0.3) is 11.5 Å². The van der Waals surface area contributed by atoms with Crippen molar-refractivity contribution >= 4 is 34.6 Å². The summed E-state index contributed by atoms with van der Waals surface area (Å²) in [5.74, 6) is -1.77. The third-order valence-corrected chi connectivity index (χ3v) is 4.59. The standard InChI is InChI=1S/C22H20ClNO3/c1-22(2)13-15-5-3-4-6-17(15)18(24-22)11-20(26)21(27)12-19(25)14-7-9-16(23)10-8-14/h3-12,24-25H,13H2,1-2H3/b18-11-,19-12-. The van der Waals surface area contributed by atoms with Gasteiger partial charge in [0.1, 0.15) is 5.76 Å². The van der Waals surface area contributed by atoms with Crippen LogP contribution in [0.15, 0.2) is 60.7 Å². The number of nitrogens with one attached hydrogen (secondary N) is 1. The molecular weight excluding hydrogens is 362 g/mol. The van der Waals surface area contributed by atoms with Crippen LogP contribution in [0.5, 0.6) is 0 Å². The van der Waals surface area contributed by atoms with Crippen LogP contribution >= 0.6 is 11.6 Å². The topological polar surface area (TPSA) is 66.4 Å². The molecule has 0 fully saturated rings. The molecule has 3 rings (SSSR count). The minimum Gasteiger partial charge on any atom is -0.507 e. The van der Waals surface area contributed by atoms with Crippen LogP contribution in [0.1, 0.15) is 30.5 Å². The highest BCUT2D eigenvalue weighted by atomic mass is 35.5. The van der Waals surface area contributed by atoms with Gasteiger partial charge in [0.25, 0.3) is 0 Å². The molecule has 1 aliphatic heterocycles. The quantitative estimate of drug-likeness (QED) is 0.469. The number of halogens is 1. The fourth-order valence-electron chi connectivity index (χ4n) is 3.10. The van der Waals surface area contributed by atoms with E-state index in [0.717, 1.165) is 23.6 Å². The summed E-state index contributed by atoms with van der Waals surface area (Å²) in [6.07, 6.45) is 3.05. The molecule has 5 heteroatoms. The van der Waals surface area contributed by atoms with Gasteiger partial charge in [0, 0.05) is 39.5 Å². The number of ketones is 2. The largest absolute Gasteiger partial charge is 0.507 e. The number of hydrogen-bond acceptors (Lipinski definition) is 4. The van der Waals surface area contributed by atoms with Gasteiger partial charge in [-0.05, 0) is 50.1 Å². The molecule has 1 aliphatic rings. The number of rotatable bonds is 4. The van der Waals surface area contributed by atoms with Crippen molar-refractivity contribution in [2.75, 3.05) is 0 Å². The molecule has 0 saturated carbocycles. The first kappa shape index (κ1) is 18.9. The SMILES string of the molecule is CC1(C)Cc2ccccc2/C(=C/C(=O)C(=O)/C=C(\O)c2ccc(Cl)cc2)N1. The molecule has 1 heterocycles. The lowest BCUT2D eigenvalue weighted by molar-refractivity contribution is -0.130. The zero-order valence-electron chi connectivity index (χ0n) is 15.1. The molecular formula is C22H20ClNO3. The molecule has 0 amide bonds. The maximum absolute atomic E-state index is 12.4. The summed E-state index contributed by atoms with van der Waals surface area (Å²) in [5, 5.41) is 13.9. The van der Waals surface area contributed by atoms with E-state index in [-0.39, 0.29) is 11.3 Å². The molecule has 0 atom stereocenters. The van der Waals surface area contributed by atoms with Gasteiger partial charge in [0.2, 0.25) is 11.6 Å². The van der Waals surface area contributed by atoms with Gasteiger partial charge in [-0.2, -0.15) is 0 Å². The van der Waals surface area contributed by atoms with Crippen molar-refractivity contribution in [3.05, 3.63) is 82.4 Å². The fraction of sp³-hybridized carbons (Fsp3) is 0.182. The van der Waals surface area contributed by atoms with E-state index in [1.807, 2.05) is 38.1 Å². The van der Waals surface area contributed by atoms with Crippen LogP contribution in [0.2, 0.25) is 5.02 Å². The zero-order chi connectivity index (χ0) is 19.6. The second kappa shape index (κ2) is 7.41. The predicted molar refractivity (Wildman–Crippen MR) is 107 cm³/mol. The van der Waals surface area contributed by atoms with Gasteiger partial charge >= 0.3 is 0 Å². The second-order valence-corrected chi connectivity index (χ2v) is 7.60. The Balaban J connectivity index is 1.86. The normalized spacial score (nSPS) is 17.1. The van der Waals surface area contributed by atoms with Crippen molar-refractivity contribution in [1.29, 1.82) is 0 Å². The molecule has 0 unspecified atom stereocenters. The Bertz CT molecular complexity index is 956. The number of allylic oxidation sites excluding steroid dienone is 2. The molecule has 2 N–H and O–H groups in total. The molecule has 2 aromatic rings. The number of fused-ring (bicyclic) bond motifs is 1. The molecule has 138 valence electrons. The van der Waals surface area contributed by atoms with E-state index in [9.17, 15) is 14.7 Å². The van der Waals surface area contributed by atoms with Gasteiger partial charge in [0.15, 0.2) is 0 Å². The van der Waals surface area contributed by atoms with E-state index in [2.05, 4.69) is 5.32 Å². The van der Waals surface area contributed by atoms with Gasteiger partial charge in [-0.25, -0.2) is 0 Å². The predicted octanol–water partition coefficient (Wildman–Crippen LogP) is 4.34. The maximum atomic E-state index is 12.4. The van der Waals surface area contributed by atoms with E-state index in [1.54, 1.807) is 24.3 Å². The summed E-state index contributed by atoms with van der Waals surface area (Å²) in [6, 6.07) is 14.1. The number of benzene rings is 2. The molecule has 0 spiro atoms. The third kappa shape index (κ3) is 4.47. The highest BCUT2D eigenvalue weighted by molar-refractivity contribution is 6.47. The van der Waals surface area contributed by atoms with Crippen LogP contribution in [-0.2, 0) is 16.0 Å². The average Bonchev–Trinajstić information content (AvgIpc) is 2.61. The van der Waals surface area contributed by atoms with Gasteiger partial charge in [-0.1, -0.05) is 35.9 Å². The van der Waals surface area contributed by atoms with Crippen molar-refractivity contribution in [2.24, 2.45) is 0 Å². The second-order valence-electron chi connectivity index (χ2n) is 7.17. The summed E-state index contributed by atoms with van der Waals surface area (Å²) >= 11 is 5.81. The third-order valence-electron chi connectivity index (χ3n) is 4.34. The van der Waals surface area contributed by atoms with Crippen LogP contribution in [-0.4, -0.2) is 22.2 Å². The van der Waals surface area contributed by atoms with Crippen LogP contribution in [0.3, 0.4) is 0 Å². The first-order valence-electron chi connectivity index (χ1n) is 8.58. The number of carbonyl (C=O) groups excluding carboxylic acids is 2. The van der Waals surface area contributed by atoms with Crippen LogP contribution in [0, 0.1) is 0 Å². The Morgan fingerprint density at radius 3 is 2.44 bits per heavy atom. The smallest absolute Gasteiger partial charge is 0.229 e.